The molecule has 4 nitrogen and oxygen atoms in total. The molecule has 3 aliphatic rings. The summed E-state index contributed by atoms with van der Waals surface area (Å²) in [4.78, 5) is 9.89. The first-order chi connectivity index (χ1) is 27.7. The maximum Gasteiger partial charge on any atom is 0.0766 e. The van der Waals surface area contributed by atoms with Crippen LogP contribution in [0.4, 0.5) is 45.5 Å². The number of likely N-dealkylation sites (N-methyl/N-ethyl adjacent to an activating group) is 1. The van der Waals surface area contributed by atoms with Gasteiger partial charge in [-0.2, -0.15) is 0 Å². The maximum absolute atomic E-state index is 2.62. The zero-order chi connectivity index (χ0) is 37.3. The van der Waals surface area contributed by atoms with Gasteiger partial charge >= 0.3 is 0 Å². The molecule has 8 aromatic carbocycles. The summed E-state index contributed by atoms with van der Waals surface area (Å²) < 4.78 is 0. The van der Waals surface area contributed by atoms with Gasteiger partial charge in [-0.25, -0.2) is 0 Å². The molecule has 0 fully saturated rings. The monoisotopic (exact) mass is 720 g/mol. The molecule has 2 heterocycles. The first-order valence-electron chi connectivity index (χ1n) is 19.5. The zero-order valence-corrected chi connectivity index (χ0v) is 31.4. The van der Waals surface area contributed by atoms with Crippen molar-refractivity contribution in [1.29, 1.82) is 0 Å². The van der Waals surface area contributed by atoms with Gasteiger partial charge in [-0.1, -0.05) is 146 Å². The summed E-state index contributed by atoms with van der Waals surface area (Å²) in [5.41, 5.74) is 14.3. The van der Waals surface area contributed by atoms with Gasteiger partial charge in [-0.3, -0.25) is 0 Å². The Hall–Kier alpha value is -7.04. The van der Waals surface area contributed by atoms with Crippen LogP contribution in [-0.4, -0.2) is 26.2 Å². The lowest BCUT2D eigenvalue weighted by Crippen LogP contribution is -2.52. The Bertz CT molecular complexity index is 2830. The molecular weight excluding hydrogens is 681 g/mol. The van der Waals surface area contributed by atoms with E-state index in [1.54, 1.807) is 0 Å². The van der Waals surface area contributed by atoms with Crippen molar-refractivity contribution in [3.63, 3.8) is 0 Å². The van der Waals surface area contributed by atoms with Crippen molar-refractivity contribution >= 4 is 67.0 Å². The Kier molecular flexibility index (Phi) is 7.39. The molecule has 1 aliphatic carbocycles. The van der Waals surface area contributed by atoms with E-state index in [1.807, 2.05) is 0 Å². The smallest absolute Gasteiger partial charge is 0.0766 e. The maximum atomic E-state index is 2.62. The molecule has 0 N–H and O–H groups in total. The summed E-state index contributed by atoms with van der Waals surface area (Å²) in [5.74, 6) is 0. The Labute approximate surface area is 328 Å². The van der Waals surface area contributed by atoms with Gasteiger partial charge in [0.2, 0.25) is 0 Å². The molecule has 0 radical (unpaired) electrons. The summed E-state index contributed by atoms with van der Waals surface area (Å²) in [5, 5.41) is 4.93. The Morgan fingerprint density at radius 3 is 1.36 bits per heavy atom. The van der Waals surface area contributed by atoms with E-state index in [9.17, 15) is 0 Å². The van der Waals surface area contributed by atoms with Crippen molar-refractivity contribution in [3.8, 4) is 22.3 Å². The molecule has 56 heavy (non-hydrogen) atoms. The fraction of sp³-hybridized carbons (Fsp3) is 0.0769. The molecule has 0 amide bonds. The van der Waals surface area contributed by atoms with Gasteiger partial charge in [-0.15, -0.1) is 0 Å². The highest BCUT2D eigenvalue weighted by Gasteiger charge is 2.39. The molecular formula is C52H40N4. The lowest BCUT2D eigenvalue weighted by molar-refractivity contribution is 0.621. The molecule has 2 atom stereocenters. The Morgan fingerprint density at radius 2 is 0.786 bits per heavy atom. The third-order valence-electron chi connectivity index (χ3n) is 12.1. The number of allylic oxidation sites excluding steroid dienone is 2. The third kappa shape index (κ3) is 4.72. The van der Waals surface area contributed by atoms with Crippen molar-refractivity contribution in [2.24, 2.45) is 0 Å². The minimum atomic E-state index is 0.0781. The molecule has 0 saturated carbocycles. The predicted molar refractivity (Wildman–Crippen MR) is 238 cm³/mol. The number of rotatable bonds is 4. The average Bonchev–Trinajstić information content (AvgIpc) is 3.27. The molecule has 8 aromatic rings. The summed E-state index contributed by atoms with van der Waals surface area (Å²) in [6.45, 7) is 0. The van der Waals surface area contributed by atoms with Crippen LogP contribution in [0.2, 0.25) is 0 Å². The van der Waals surface area contributed by atoms with E-state index in [-0.39, 0.29) is 12.1 Å². The molecule has 2 aliphatic heterocycles. The summed E-state index contributed by atoms with van der Waals surface area (Å²) in [6, 6.07) is 62.7. The van der Waals surface area contributed by atoms with Crippen LogP contribution < -0.4 is 19.6 Å². The first-order valence-corrected chi connectivity index (χ1v) is 19.5. The third-order valence-corrected chi connectivity index (χ3v) is 12.1. The van der Waals surface area contributed by atoms with Crippen LogP contribution in [0.25, 0.3) is 43.8 Å². The lowest BCUT2D eigenvalue weighted by atomic mass is 9.83. The van der Waals surface area contributed by atoms with Crippen LogP contribution in [-0.2, 0) is 0 Å². The number of benzene rings is 8. The highest BCUT2D eigenvalue weighted by atomic mass is 15.3. The number of nitrogens with zero attached hydrogens (tertiary/aromatic N) is 4. The fourth-order valence-corrected chi connectivity index (χ4v) is 9.62. The van der Waals surface area contributed by atoms with E-state index in [1.165, 1.54) is 72.2 Å². The minimum Gasteiger partial charge on any atom is -0.364 e. The van der Waals surface area contributed by atoms with E-state index >= 15 is 0 Å². The Balaban J connectivity index is 1.37. The molecule has 0 saturated heterocycles. The van der Waals surface area contributed by atoms with Crippen molar-refractivity contribution in [2.45, 2.75) is 12.1 Å². The van der Waals surface area contributed by atoms with Crippen LogP contribution in [0.15, 0.2) is 194 Å². The van der Waals surface area contributed by atoms with E-state index in [2.05, 4.69) is 228 Å². The molecule has 11 rings (SSSR count). The van der Waals surface area contributed by atoms with Gasteiger partial charge in [-0.05, 0) is 81.6 Å². The van der Waals surface area contributed by atoms with Crippen LogP contribution in [0.5, 0.6) is 0 Å². The highest BCUT2D eigenvalue weighted by molar-refractivity contribution is 6.29. The van der Waals surface area contributed by atoms with Crippen LogP contribution >= 0.6 is 0 Å². The molecule has 0 spiro atoms. The second-order valence-corrected chi connectivity index (χ2v) is 15.0. The summed E-state index contributed by atoms with van der Waals surface area (Å²) >= 11 is 0. The van der Waals surface area contributed by atoms with Crippen molar-refractivity contribution in [2.75, 3.05) is 33.7 Å². The van der Waals surface area contributed by atoms with E-state index in [0.29, 0.717) is 0 Å². The lowest BCUT2D eigenvalue weighted by Gasteiger charge is -2.48. The second kappa shape index (κ2) is 12.8. The first kappa shape index (κ1) is 32.4. The fourth-order valence-electron chi connectivity index (χ4n) is 9.62. The molecule has 0 bridgehead atoms. The minimum absolute atomic E-state index is 0.0781. The quantitative estimate of drug-likeness (QED) is 0.168. The second-order valence-electron chi connectivity index (χ2n) is 15.0. The van der Waals surface area contributed by atoms with Gasteiger partial charge in [0.1, 0.15) is 0 Å². The topological polar surface area (TPSA) is 13.0 Å². The summed E-state index contributed by atoms with van der Waals surface area (Å²) in [6.07, 6.45) is 9.15. The number of hydrogen-bond acceptors (Lipinski definition) is 4. The van der Waals surface area contributed by atoms with Gasteiger partial charge in [0.05, 0.1) is 57.6 Å². The normalized spacial score (nSPS) is 16.8. The van der Waals surface area contributed by atoms with Gasteiger partial charge in [0.25, 0.3) is 0 Å². The molecule has 0 aromatic heterocycles. The standard InChI is InChI=1S/C52H40N4/c1-53-39-25-11-15-29-43(39)55(44-30-16-12-26-40(44)53)47-33-34-48(56-45-31-17-13-27-41(45)54(2)42-28-14-18-32-46(42)56)52-50(36-21-7-4-8-22-36)38-24-10-9-23-37(38)49(51(47)52)35-19-5-3-6-20-35/h3-34,39,43H,1-2H3. The van der Waals surface area contributed by atoms with Gasteiger partial charge < -0.3 is 19.6 Å². The van der Waals surface area contributed by atoms with Gasteiger partial charge in [0.15, 0.2) is 0 Å². The number of fused-ring (bicyclic) bond motifs is 6. The average molecular weight is 721 g/mol. The number of anilines is 8. The highest BCUT2D eigenvalue weighted by Crippen LogP contribution is 2.58. The van der Waals surface area contributed by atoms with Gasteiger partial charge in [0, 0.05) is 24.9 Å². The molecule has 4 heteroatoms. The van der Waals surface area contributed by atoms with Crippen molar-refractivity contribution in [3.05, 3.63) is 194 Å². The number of para-hydroxylation sites is 6. The van der Waals surface area contributed by atoms with E-state index in [4.69, 9.17) is 0 Å². The molecule has 2 unspecified atom stereocenters. The molecule has 268 valence electrons. The van der Waals surface area contributed by atoms with Crippen molar-refractivity contribution < 1.29 is 0 Å². The van der Waals surface area contributed by atoms with Crippen LogP contribution in [0.1, 0.15) is 0 Å². The van der Waals surface area contributed by atoms with Crippen LogP contribution in [0.3, 0.4) is 0 Å². The van der Waals surface area contributed by atoms with Crippen molar-refractivity contribution in [1.82, 2.24) is 0 Å². The largest absolute Gasteiger partial charge is 0.364 e. The van der Waals surface area contributed by atoms with E-state index in [0.717, 1.165) is 17.1 Å². The zero-order valence-electron chi connectivity index (χ0n) is 31.4. The van der Waals surface area contributed by atoms with E-state index < -0.39 is 0 Å². The number of hydrogen-bond donors (Lipinski definition) is 0. The summed E-state index contributed by atoms with van der Waals surface area (Å²) in [7, 11) is 4.41. The SMILES string of the molecule is CN1c2ccccc2N(c2ccc(N3c4ccccc4N(C)C4C=CC=CC43)c3c(-c4ccccc4)c4ccccc4c(-c4ccccc4)c23)c2ccccc21. The predicted octanol–water partition coefficient (Wildman–Crippen LogP) is 13.3. The van der Waals surface area contributed by atoms with Crippen LogP contribution in [0, 0.1) is 0 Å². The Morgan fingerprint density at radius 1 is 0.357 bits per heavy atom.